The number of hydrogen-bond acceptors (Lipinski definition) is 5. The fraction of sp³-hybridized carbons (Fsp3) is 0.350. The number of nitrogens with one attached hydrogen (secondary N) is 2. The van der Waals surface area contributed by atoms with Gasteiger partial charge in [0, 0.05) is 36.7 Å². The first kappa shape index (κ1) is 19.9. The van der Waals surface area contributed by atoms with E-state index in [9.17, 15) is 4.79 Å². The van der Waals surface area contributed by atoms with E-state index in [0.29, 0.717) is 26.2 Å². The maximum absolute atomic E-state index is 12.1. The zero-order valence-corrected chi connectivity index (χ0v) is 16.6. The van der Waals surface area contributed by atoms with Gasteiger partial charge < -0.3 is 20.1 Å². The largest absolute Gasteiger partial charge is 0.486 e. The molecule has 0 fully saturated rings. The van der Waals surface area contributed by atoms with E-state index in [-0.39, 0.29) is 18.3 Å². The number of halogens is 1. The monoisotopic (exact) mass is 406 g/mol. The number of hydrogen-bond donors (Lipinski definition) is 2. The highest BCUT2D eigenvalue weighted by Gasteiger charge is 2.13. The van der Waals surface area contributed by atoms with Gasteiger partial charge in [-0.3, -0.25) is 4.79 Å². The van der Waals surface area contributed by atoms with E-state index in [1.807, 2.05) is 18.2 Å². The third-order valence-corrected chi connectivity index (χ3v) is 5.50. The summed E-state index contributed by atoms with van der Waals surface area (Å²) in [6.07, 6.45) is 0.492. The molecule has 1 amide bonds. The summed E-state index contributed by atoms with van der Waals surface area (Å²) in [4.78, 5) is 13.2. The van der Waals surface area contributed by atoms with Crippen molar-refractivity contribution in [2.75, 3.05) is 19.0 Å². The van der Waals surface area contributed by atoms with Crippen LogP contribution >= 0.6 is 24.2 Å². The van der Waals surface area contributed by atoms with Crippen molar-refractivity contribution in [2.45, 2.75) is 31.0 Å². The van der Waals surface area contributed by atoms with Crippen LogP contribution in [0.5, 0.6) is 11.5 Å². The minimum Gasteiger partial charge on any atom is -0.486 e. The molecule has 144 valence electrons. The second kappa shape index (κ2) is 9.35. The third-order valence-electron chi connectivity index (χ3n) is 4.50. The van der Waals surface area contributed by atoms with Crippen LogP contribution in [0.2, 0.25) is 0 Å². The molecule has 5 nitrogen and oxygen atoms in total. The van der Waals surface area contributed by atoms with Crippen LogP contribution in [0.3, 0.4) is 0 Å². The molecule has 27 heavy (non-hydrogen) atoms. The number of amides is 1. The highest BCUT2D eigenvalue weighted by Crippen LogP contribution is 2.34. The van der Waals surface area contributed by atoms with Crippen molar-refractivity contribution in [1.82, 2.24) is 10.6 Å². The molecule has 0 radical (unpaired) electrons. The third kappa shape index (κ3) is 5.09. The van der Waals surface area contributed by atoms with Gasteiger partial charge in [-0.15, -0.1) is 24.2 Å². The van der Waals surface area contributed by atoms with E-state index >= 15 is 0 Å². The summed E-state index contributed by atoms with van der Waals surface area (Å²) in [5.41, 5.74) is 3.85. The molecule has 0 atom stereocenters. The van der Waals surface area contributed by atoms with Gasteiger partial charge in [0.2, 0.25) is 5.91 Å². The van der Waals surface area contributed by atoms with Crippen LogP contribution in [-0.4, -0.2) is 24.9 Å². The van der Waals surface area contributed by atoms with E-state index in [1.54, 1.807) is 11.8 Å². The van der Waals surface area contributed by atoms with Gasteiger partial charge in [0.1, 0.15) is 13.2 Å². The van der Waals surface area contributed by atoms with Crippen molar-refractivity contribution in [2.24, 2.45) is 0 Å². The second-order valence-electron chi connectivity index (χ2n) is 6.39. The van der Waals surface area contributed by atoms with E-state index in [1.165, 1.54) is 11.1 Å². The lowest BCUT2D eigenvalue weighted by Gasteiger charge is -2.18. The lowest BCUT2D eigenvalue weighted by molar-refractivity contribution is -0.120. The maximum Gasteiger partial charge on any atom is 0.221 e. The first-order valence-corrected chi connectivity index (χ1v) is 9.87. The number of ether oxygens (including phenoxy) is 2. The van der Waals surface area contributed by atoms with Crippen LogP contribution in [0.4, 0.5) is 0 Å². The topological polar surface area (TPSA) is 59.6 Å². The van der Waals surface area contributed by atoms with Gasteiger partial charge in [0.05, 0.1) is 0 Å². The van der Waals surface area contributed by atoms with Gasteiger partial charge in [-0.2, -0.15) is 0 Å². The molecule has 2 aromatic carbocycles. The molecule has 0 aromatic heterocycles. The number of fused-ring (bicyclic) bond motifs is 2. The van der Waals surface area contributed by atoms with Crippen LogP contribution in [0.25, 0.3) is 0 Å². The first-order chi connectivity index (χ1) is 12.8. The average Bonchev–Trinajstić information content (AvgIpc) is 3.14. The van der Waals surface area contributed by atoms with E-state index in [2.05, 4.69) is 28.8 Å². The molecule has 2 aromatic rings. The molecule has 0 spiro atoms. The molecular weight excluding hydrogens is 384 g/mol. The number of carbonyl (C=O) groups is 1. The Morgan fingerprint density at radius 2 is 1.85 bits per heavy atom. The molecule has 0 unspecified atom stereocenters. The van der Waals surface area contributed by atoms with Crippen molar-refractivity contribution >= 4 is 30.1 Å². The Bertz CT molecular complexity index is 816. The molecule has 0 saturated heterocycles. The standard InChI is InChI=1S/C20H22N2O3S.ClH/c23-20(22-11-14-1-2-15-12-21-13-16(15)9-14)5-8-26-17-3-4-18-19(10-17)25-7-6-24-18;/h1-4,9-10,21H,5-8,11-13H2,(H,22,23);1H. The summed E-state index contributed by atoms with van der Waals surface area (Å²) in [6.45, 7) is 3.63. The van der Waals surface area contributed by atoms with Gasteiger partial charge in [0.25, 0.3) is 0 Å². The molecule has 0 saturated carbocycles. The molecule has 7 heteroatoms. The van der Waals surface area contributed by atoms with Crippen molar-refractivity contribution < 1.29 is 14.3 Å². The Balaban J connectivity index is 0.00000210. The molecule has 2 N–H and O–H groups in total. The smallest absolute Gasteiger partial charge is 0.221 e. The highest BCUT2D eigenvalue weighted by molar-refractivity contribution is 7.99. The van der Waals surface area contributed by atoms with E-state index in [0.717, 1.165) is 40.8 Å². The maximum atomic E-state index is 12.1. The molecule has 0 bridgehead atoms. The summed E-state index contributed by atoms with van der Waals surface area (Å²) < 4.78 is 11.1. The quantitative estimate of drug-likeness (QED) is 0.721. The minimum absolute atomic E-state index is 0. The van der Waals surface area contributed by atoms with Crippen LogP contribution in [0, 0.1) is 0 Å². The number of benzene rings is 2. The molecule has 4 rings (SSSR count). The number of rotatable bonds is 6. The van der Waals surface area contributed by atoms with Gasteiger partial charge >= 0.3 is 0 Å². The minimum atomic E-state index is 0. The van der Waals surface area contributed by atoms with Gasteiger partial charge in [-0.1, -0.05) is 18.2 Å². The lowest BCUT2D eigenvalue weighted by atomic mass is 10.1. The molecular formula is C20H23ClN2O3S. The van der Waals surface area contributed by atoms with Crippen molar-refractivity contribution in [3.8, 4) is 11.5 Å². The fourth-order valence-corrected chi connectivity index (χ4v) is 4.00. The Morgan fingerprint density at radius 1 is 1.04 bits per heavy atom. The second-order valence-corrected chi connectivity index (χ2v) is 7.56. The zero-order valence-electron chi connectivity index (χ0n) is 15.0. The van der Waals surface area contributed by atoms with E-state index < -0.39 is 0 Å². The van der Waals surface area contributed by atoms with Gasteiger partial charge in [0.15, 0.2) is 11.5 Å². The normalized spacial score (nSPS) is 14.2. The summed E-state index contributed by atoms with van der Waals surface area (Å²) >= 11 is 1.65. The van der Waals surface area contributed by atoms with Crippen molar-refractivity contribution in [1.29, 1.82) is 0 Å². The average molecular weight is 407 g/mol. The Morgan fingerprint density at radius 3 is 2.74 bits per heavy atom. The van der Waals surface area contributed by atoms with Crippen LogP contribution in [0.1, 0.15) is 23.1 Å². The molecule has 2 aliphatic heterocycles. The summed E-state index contributed by atoms with van der Waals surface area (Å²) in [7, 11) is 0. The van der Waals surface area contributed by atoms with Crippen molar-refractivity contribution in [3.63, 3.8) is 0 Å². The van der Waals surface area contributed by atoms with Gasteiger partial charge in [-0.25, -0.2) is 0 Å². The summed E-state index contributed by atoms with van der Waals surface area (Å²) in [6, 6.07) is 12.3. The van der Waals surface area contributed by atoms with Crippen molar-refractivity contribution in [3.05, 3.63) is 53.1 Å². The fourth-order valence-electron chi connectivity index (χ4n) is 3.12. The van der Waals surface area contributed by atoms with E-state index in [4.69, 9.17) is 9.47 Å². The summed E-state index contributed by atoms with van der Waals surface area (Å²) in [5, 5.41) is 6.34. The molecule has 2 heterocycles. The number of carbonyl (C=O) groups excluding carboxylic acids is 1. The molecule has 0 aliphatic carbocycles. The first-order valence-electron chi connectivity index (χ1n) is 8.88. The zero-order chi connectivity index (χ0) is 17.8. The number of thioether (sulfide) groups is 1. The van der Waals surface area contributed by atoms with Crippen LogP contribution < -0.4 is 20.1 Å². The Hall–Kier alpha value is -1.89. The van der Waals surface area contributed by atoms with Crippen LogP contribution in [-0.2, 0) is 24.4 Å². The molecule has 2 aliphatic rings. The SMILES string of the molecule is Cl.O=C(CCSc1ccc2c(c1)OCCO2)NCc1ccc2c(c1)CNC2. The van der Waals surface area contributed by atoms with Gasteiger partial charge in [-0.05, 0) is 34.9 Å². The predicted octanol–water partition coefficient (Wildman–Crippen LogP) is 3.28. The summed E-state index contributed by atoms with van der Waals surface area (Å²) in [5.74, 6) is 2.40. The predicted molar refractivity (Wildman–Crippen MR) is 109 cm³/mol. The Labute approximate surface area is 169 Å². The lowest BCUT2D eigenvalue weighted by Crippen LogP contribution is -2.23. The highest BCUT2D eigenvalue weighted by atomic mass is 35.5. The van der Waals surface area contributed by atoms with Crippen LogP contribution in [0.15, 0.2) is 41.3 Å². The Kier molecular flexibility index (Phi) is 6.88.